The number of benzene rings is 2. The second kappa shape index (κ2) is 12.3. The van der Waals surface area contributed by atoms with Crippen molar-refractivity contribution >= 4 is 35.6 Å². The highest BCUT2D eigenvalue weighted by Gasteiger charge is 2.26. The number of anilines is 1. The number of ether oxygens (including phenoxy) is 2. The van der Waals surface area contributed by atoms with Gasteiger partial charge in [-0.15, -0.1) is 24.0 Å². The molecule has 8 heteroatoms. The normalized spacial score (nSPS) is 16.8. The van der Waals surface area contributed by atoms with Crippen molar-refractivity contribution in [2.45, 2.75) is 25.9 Å². The summed E-state index contributed by atoms with van der Waals surface area (Å²) in [6.45, 7) is 6.99. The first kappa shape index (κ1) is 25.4. The molecule has 2 fully saturated rings. The first-order valence-electron chi connectivity index (χ1n) is 11.5. The number of hydrogen-bond donors (Lipinski definition) is 2. The summed E-state index contributed by atoms with van der Waals surface area (Å²) in [5.74, 6) is 2.80. The van der Waals surface area contributed by atoms with E-state index in [-0.39, 0.29) is 24.0 Å². The SMILES string of the molecule is COc1ccc(CN=C(N)NCc2ccc(N3CCN(CC4CC4)CC3)cc2)cc1OC.I. The number of nitrogens with two attached hydrogens (primary N) is 1. The van der Waals surface area contributed by atoms with Gasteiger partial charge in [0.25, 0.3) is 0 Å². The summed E-state index contributed by atoms with van der Waals surface area (Å²) < 4.78 is 10.6. The van der Waals surface area contributed by atoms with E-state index in [2.05, 4.69) is 44.4 Å². The monoisotopic (exact) mass is 565 g/mol. The van der Waals surface area contributed by atoms with Gasteiger partial charge in [-0.2, -0.15) is 0 Å². The lowest BCUT2D eigenvalue weighted by Gasteiger charge is -2.36. The second-order valence-corrected chi connectivity index (χ2v) is 8.64. The third-order valence-electron chi connectivity index (χ3n) is 6.24. The summed E-state index contributed by atoms with van der Waals surface area (Å²) in [7, 11) is 3.25. The number of nitrogens with one attached hydrogen (secondary N) is 1. The average Bonchev–Trinajstić information content (AvgIpc) is 3.66. The number of nitrogens with zero attached hydrogens (tertiary/aromatic N) is 3. The Morgan fingerprint density at radius 3 is 2.27 bits per heavy atom. The maximum atomic E-state index is 6.06. The third-order valence-corrected chi connectivity index (χ3v) is 6.24. The summed E-state index contributed by atoms with van der Waals surface area (Å²) in [6, 6.07) is 14.5. The molecule has 1 saturated heterocycles. The number of methoxy groups -OCH3 is 2. The third kappa shape index (κ3) is 7.40. The molecule has 0 aromatic heterocycles. The molecular weight excluding hydrogens is 529 g/mol. The number of halogens is 1. The predicted octanol–water partition coefficient (Wildman–Crippen LogP) is 3.46. The van der Waals surface area contributed by atoms with Gasteiger partial charge in [0.1, 0.15) is 0 Å². The molecule has 7 nitrogen and oxygen atoms in total. The Morgan fingerprint density at radius 2 is 1.64 bits per heavy atom. The van der Waals surface area contributed by atoms with Crippen LogP contribution in [-0.4, -0.2) is 57.8 Å². The van der Waals surface area contributed by atoms with E-state index in [1.165, 1.54) is 43.7 Å². The van der Waals surface area contributed by atoms with Crippen LogP contribution in [-0.2, 0) is 13.1 Å². The van der Waals surface area contributed by atoms with Gasteiger partial charge >= 0.3 is 0 Å². The molecule has 1 aliphatic carbocycles. The fraction of sp³-hybridized carbons (Fsp3) is 0.480. The van der Waals surface area contributed by atoms with Gasteiger partial charge in [-0.3, -0.25) is 4.90 Å². The molecule has 0 spiro atoms. The van der Waals surface area contributed by atoms with Crippen LogP contribution in [0.15, 0.2) is 47.5 Å². The Balaban J connectivity index is 0.00000306. The highest BCUT2D eigenvalue weighted by atomic mass is 127. The summed E-state index contributed by atoms with van der Waals surface area (Å²) >= 11 is 0. The molecule has 180 valence electrons. The zero-order chi connectivity index (χ0) is 22.3. The van der Waals surface area contributed by atoms with Crippen molar-refractivity contribution in [2.24, 2.45) is 16.6 Å². The Hall–Kier alpha value is -2.20. The molecule has 0 unspecified atom stereocenters. The summed E-state index contributed by atoms with van der Waals surface area (Å²) in [6.07, 6.45) is 2.86. The van der Waals surface area contributed by atoms with Crippen molar-refractivity contribution < 1.29 is 9.47 Å². The smallest absolute Gasteiger partial charge is 0.189 e. The van der Waals surface area contributed by atoms with Crippen LogP contribution in [0.1, 0.15) is 24.0 Å². The molecule has 2 aromatic carbocycles. The van der Waals surface area contributed by atoms with E-state index in [1.54, 1.807) is 14.2 Å². The van der Waals surface area contributed by atoms with E-state index >= 15 is 0 Å². The van der Waals surface area contributed by atoms with Crippen molar-refractivity contribution in [1.29, 1.82) is 0 Å². The lowest BCUT2D eigenvalue weighted by molar-refractivity contribution is 0.248. The van der Waals surface area contributed by atoms with Crippen LogP contribution in [0.3, 0.4) is 0 Å². The Bertz CT molecular complexity index is 910. The van der Waals surface area contributed by atoms with Crippen molar-refractivity contribution in [3.63, 3.8) is 0 Å². The molecule has 3 N–H and O–H groups in total. The van der Waals surface area contributed by atoms with Crippen LogP contribution in [0, 0.1) is 5.92 Å². The minimum atomic E-state index is 0. The first-order valence-corrected chi connectivity index (χ1v) is 11.5. The molecule has 2 aliphatic rings. The van der Waals surface area contributed by atoms with Crippen LogP contribution < -0.4 is 25.4 Å². The Labute approximate surface area is 214 Å². The van der Waals surface area contributed by atoms with Gasteiger partial charge in [0.15, 0.2) is 17.5 Å². The molecule has 33 heavy (non-hydrogen) atoms. The van der Waals surface area contributed by atoms with Crippen LogP contribution in [0.2, 0.25) is 0 Å². The van der Waals surface area contributed by atoms with E-state index in [9.17, 15) is 0 Å². The largest absolute Gasteiger partial charge is 0.493 e. The molecule has 0 amide bonds. The fourth-order valence-electron chi connectivity index (χ4n) is 4.08. The molecular formula is C25H36IN5O2. The zero-order valence-corrected chi connectivity index (χ0v) is 22.0. The predicted molar refractivity (Wildman–Crippen MR) is 145 cm³/mol. The summed E-state index contributed by atoms with van der Waals surface area (Å²) in [5.41, 5.74) is 9.56. The average molecular weight is 566 g/mol. The van der Waals surface area contributed by atoms with Crippen LogP contribution in [0.4, 0.5) is 5.69 Å². The van der Waals surface area contributed by atoms with Gasteiger partial charge in [-0.25, -0.2) is 4.99 Å². The van der Waals surface area contributed by atoms with Crippen LogP contribution >= 0.6 is 24.0 Å². The number of aliphatic imine (C=N–C) groups is 1. The molecule has 1 aliphatic heterocycles. The van der Waals surface area contributed by atoms with Crippen molar-refractivity contribution in [2.75, 3.05) is 51.8 Å². The zero-order valence-electron chi connectivity index (χ0n) is 19.6. The van der Waals surface area contributed by atoms with E-state index < -0.39 is 0 Å². The van der Waals surface area contributed by atoms with Gasteiger partial charge in [0.2, 0.25) is 0 Å². The maximum Gasteiger partial charge on any atom is 0.189 e. The Morgan fingerprint density at radius 1 is 0.970 bits per heavy atom. The Kier molecular flexibility index (Phi) is 9.49. The number of hydrogen-bond acceptors (Lipinski definition) is 5. The summed E-state index contributed by atoms with van der Waals surface area (Å²) in [5, 5.41) is 3.20. The maximum absolute atomic E-state index is 6.06. The minimum Gasteiger partial charge on any atom is -0.493 e. The van der Waals surface area contributed by atoms with Crippen molar-refractivity contribution in [1.82, 2.24) is 10.2 Å². The molecule has 0 radical (unpaired) electrons. The molecule has 0 bridgehead atoms. The number of guanidine groups is 1. The highest BCUT2D eigenvalue weighted by Crippen LogP contribution is 2.30. The standard InChI is InChI=1S/C25H35N5O2.HI/c1-31-23-10-7-21(15-24(23)32-2)17-28-25(26)27-16-19-5-8-22(9-6-19)30-13-11-29(12-14-30)18-20-3-4-20;/h5-10,15,20H,3-4,11-14,16-18H2,1-2H3,(H3,26,27,28);1H. The van der Waals surface area contributed by atoms with Crippen molar-refractivity contribution in [3.05, 3.63) is 53.6 Å². The van der Waals surface area contributed by atoms with Gasteiger partial charge in [0.05, 0.1) is 20.8 Å². The molecule has 4 rings (SSSR count). The topological polar surface area (TPSA) is 75.4 Å². The quantitative estimate of drug-likeness (QED) is 0.276. The summed E-state index contributed by atoms with van der Waals surface area (Å²) in [4.78, 5) is 9.54. The van der Waals surface area contributed by atoms with Gasteiger partial charge < -0.3 is 25.4 Å². The molecule has 1 heterocycles. The molecule has 0 atom stereocenters. The highest BCUT2D eigenvalue weighted by molar-refractivity contribution is 14.0. The van der Waals surface area contributed by atoms with E-state index in [0.717, 1.165) is 24.6 Å². The van der Waals surface area contributed by atoms with E-state index in [1.807, 2.05) is 18.2 Å². The number of rotatable bonds is 9. The van der Waals surface area contributed by atoms with Gasteiger partial charge in [-0.05, 0) is 54.2 Å². The number of piperazine rings is 1. The van der Waals surface area contributed by atoms with Crippen molar-refractivity contribution in [3.8, 4) is 11.5 Å². The van der Waals surface area contributed by atoms with Crippen LogP contribution in [0.5, 0.6) is 11.5 Å². The first-order chi connectivity index (χ1) is 15.6. The second-order valence-electron chi connectivity index (χ2n) is 8.64. The molecule has 2 aromatic rings. The fourth-order valence-corrected chi connectivity index (χ4v) is 4.08. The minimum absolute atomic E-state index is 0. The van der Waals surface area contributed by atoms with Gasteiger partial charge in [-0.1, -0.05) is 18.2 Å². The van der Waals surface area contributed by atoms with E-state index in [4.69, 9.17) is 15.2 Å². The van der Waals surface area contributed by atoms with Crippen LogP contribution in [0.25, 0.3) is 0 Å². The van der Waals surface area contributed by atoms with Gasteiger partial charge in [0, 0.05) is 45.0 Å². The lowest BCUT2D eigenvalue weighted by atomic mass is 10.1. The van der Waals surface area contributed by atoms with E-state index in [0.29, 0.717) is 30.5 Å². The molecule has 1 saturated carbocycles. The lowest BCUT2D eigenvalue weighted by Crippen LogP contribution is -2.47.